The quantitative estimate of drug-likeness (QED) is 0.352. The molecule has 0 amide bonds. The van der Waals surface area contributed by atoms with Crippen LogP contribution in [-0.4, -0.2) is 46.5 Å². The maximum atomic E-state index is 12.4. The Morgan fingerprint density at radius 2 is 0.577 bits per heavy atom. The summed E-state index contributed by atoms with van der Waals surface area (Å²) in [5.41, 5.74) is -5.96. The average Bonchev–Trinajstić information content (AvgIpc) is 2.27. The molecule has 0 aromatic rings. The summed E-state index contributed by atoms with van der Waals surface area (Å²) in [5.74, 6) is 0. The Bertz CT molecular complexity index is 404. The van der Waals surface area contributed by atoms with Crippen LogP contribution in [0.3, 0.4) is 0 Å². The largest absolute Gasteiger partial charge is 0.490 e. The van der Waals surface area contributed by atoms with Crippen molar-refractivity contribution >= 4 is 0 Å². The number of nitrogens with zero attached hydrogens (tertiary/aromatic N) is 2. The summed E-state index contributed by atoms with van der Waals surface area (Å²) < 4.78 is 149. The van der Waals surface area contributed by atoms with Gasteiger partial charge in [-0.25, -0.2) is 0 Å². The third-order valence-corrected chi connectivity index (χ3v) is 3.01. The smallest absolute Gasteiger partial charge is 0.275 e. The Balaban J connectivity index is 5.80. The van der Waals surface area contributed by atoms with E-state index in [1.54, 1.807) is 0 Å². The van der Waals surface area contributed by atoms with Crippen molar-refractivity contribution in [1.82, 2.24) is 10.1 Å². The van der Waals surface area contributed by atoms with Crippen molar-refractivity contribution in [1.29, 1.82) is 0 Å². The Hall–Kier alpha value is -1.00. The summed E-state index contributed by atoms with van der Waals surface area (Å²) in [6, 6.07) is 0. The molecule has 0 saturated carbocycles. The third-order valence-electron chi connectivity index (χ3n) is 3.01. The van der Waals surface area contributed by atoms with Crippen LogP contribution in [0.2, 0.25) is 0 Å². The fourth-order valence-corrected chi connectivity index (χ4v) is 1.17. The highest BCUT2D eigenvalue weighted by Gasteiger charge is 2.62. The molecule has 0 spiro atoms. The van der Waals surface area contributed by atoms with Crippen LogP contribution in [0.1, 0.15) is 27.7 Å². The number of hydrogen-bond acceptors (Lipinski definition) is 4. The van der Waals surface area contributed by atoms with Crippen LogP contribution in [0.15, 0.2) is 0 Å². The molecular formula is C10H12F12N2O2. The molecule has 26 heavy (non-hydrogen) atoms. The van der Waals surface area contributed by atoms with Gasteiger partial charge in [0.1, 0.15) is 11.2 Å². The van der Waals surface area contributed by atoms with E-state index in [2.05, 4.69) is 9.68 Å². The minimum absolute atomic E-state index is 0.377. The summed E-state index contributed by atoms with van der Waals surface area (Å²) >= 11 is 0. The summed E-state index contributed by atoms with van der Waals surface area (Å²) in [6.45, 7) is 1.51. The van der Waals surface area contributed by atoms with Crippen LogP contribution < -0.4 is 0 Å². The van der Waals surface area contributed by atoms with Crippen molar-refractivity contribution in [3.8, 4) is 0 Å². The Morgan fingerprint density at radius 1 is 0.423 bits per heavy atom. The van der Waals surface area contributed by atoms with Crippen LogP contribution in [0.25, 0.3) is 0 Å². The van der Waals surface area contributed by atoms with Gasteiger partial charge < -0.3 is 0 Å². The van der Waals surface area contributed by atoms with Crippen LogP contribution in [0.5, 0.6) is 0 Å². The van der Waals surface area contributed by atoms with Gasteiger partial charge in [0, 0.05) is 10.1 Å². The molecule has 0 aromatic heterocycles. The molecule has 0 aliphatic heterocycles. The van der Waals surface area contributed by atoms with E-state index < -0.39 is 46.5 Å². The Labute approximate surface area is 138 Å². The molecule has 0 rings (SSSR count). The van der Waals surface area contributed by atoms with Crippen molar-refractivity contribution in [2.75, 3.05) is 0 Å². The maximum Gasteiger partial charge on any atom is 0.490 e. The molecule has 0 aliphatic carbocycles. The molecule has 0 aromatic carbocycles. The second kappa shape index (κ2) is 6.87. The molecule has 158 valence electrons. The number of hydrogen-bond donors (Lipinski definition) is 0. The maximum absolute atomic E-state index is 12.4. The van der Waals surface area contributed by atoms with E-state index in [1.807, 2.05) is 0 Å². The first-order valence-electron chi connectivity index (χ1n) is 6.19. The zero-order valence-corrected chi connectivity index (χ0v) is 13.2. The summed E-state index contributed by atoms with van der Waals surface area (Å²) in [6.07, 6.45) is -24.8. The van der Waals surface area contributed by atoms with Crippen molar-refractivity contribution in [2.24, 2.45) is 0 Å². The Morgan fingerprint density at radius 3 is 0.692 bits per heavy atom. The van der Waals surface area contributed by atoms with E-state index in [1.165, 1.54) is 0 Å². The predicted molar refractivity (Wildman–Crippen MR) is 58.2 cm³/mol. The lowest BCUT2D eigenvalue weighted by Crippen LogP contribution is -2.62. The topological polar surface area (TPSA) is 24.9 Å². The SMILES string of the molecule is CC(C)(ON(C(F)(F)F)C(F)(F)F)C(C)(C)ON(C(F)(F)F)C(F)(F)F. The van der Waals surface area contributed by atoms with Crippen LogP contribution >= 0.6 is 0 Å². The molecule has 0 saturated heterocycles. The van der Waals surface area contributed by atoms with Crippen LogP contribution in [-0.2, 0) is 9.68 Å². The lowest BCUT2D eigenvalue weighted by molar-refractivity contribution is -0.537. The van der Waals surface area contributed by atoms with Gasteiger partial charge in [-0.3, -0.25) is 9.68 Å². The minimum Gasteiger partial charge on any atom is -0.275 e. The minimum atomic E-state index is -6.20. The van der Waals surface area contributed by atoms with E-state index >= 15 is 0 Å². The molecule has 0 radical (unpaired) electrons. The number of alkyl halides is 12. The number of halogens is 12. The van der Waals surface area contributed by atoms with Crippen molar-refractivity contribution in [3.63, 3.8) is 0 Å². The van der Waals surface area contributed by atoms with Crippen molar-refractivity contribution in [2.45, 2.75) is 64.1 Å². The van der Waals surface area contributed by atoms with Gasteiger partial charge >= 0.3 is 25.2 Å². The van der Waals surface area contributed by atoms with E-state index in [9.17, 15) is 52.7 Å². The van der Waals surface area contributed by atoms with Crippen molar-refractivity contribution in [3.05, 3.63) is 0 Å². The Kier molecular flexibility index (Phi) is 6.60. The summed E-state index contributed by atoms with van der Waals surface area (Å²) in [4.78, 5) is 7.31. The van der Waals surface area contributed by atoms with Crippen LogP contribution in [0.4, 0.5) is 52.7 Å². The normalized spacial score (nSPS) is 15.9. The molecule has 4 nitrogen and oxygen atoms in total. The first kappa shape index (κ1) is 25.0. The average molecular weight is 420 g/mol. The highest BCUT2D eigenvalue weighted by atomic mass is 19.4. The van der Waals surface area contributed by atoms with Gasteiger partial charge in [0.05, 0.1) is 0 Å². The van der Waals surface area contributed by atoms with Gasteiger partial charge in [-0.1, -0.05) is 0 Å². The molecule has 16 heteroatoms. The second-order valence-corrected chi connectivity index (χ2v) is 5.66. The number of rotatable bonds is 5. The third kappa shape index (κ3) is 6.31. The monoisotopic (exact) mass is 420 g/mol. The zero-order valence-electron chi connectivity index (χ0n) is 13.2. The first-order valence-corrected chi connectivity index (χ1v) is 6.19. The molecular weight excluding hydrogens is 408 g/mol. The van der Waals surface area contributed by atoms with Gasteiger partial charge in [0.25, 0.3) is 0 Å². The molecule has 0 aliphatic rings. The molecule has 0 N–H and O–H groups in total. The number of hydroxylamine groups is 4. The van der Waals surface area contributed by atoms with E-state index in [-0.39, 0.29) is 0 Å². The first-order chi connectivity index (χ1) is 10.9. The van der Waals surface area contributed by atoms with E-state index in [4.69, 9.17) is 0 Å². The molecule has 0 fully saturated rings. The lowest BCUT2D eigenvalue weighted by Gasteiger charge is -2.45. The second-order valence-electron chi connectivity index (χ2n) is 5.66. The van der Waals surface area contributed by atoms with Gasteiger partial charge in [-0.2, -0.15) is 52.7 Å². The van der Waals surface area contributed by atoms with E-state index in [0.29, 0.717) is 27.7 Å². The van der Waals surface area contributed by atoms with Gasteiger partial charge in [-0.15, -0.1) is 0 Å². The van der Waals surface area contributed by atoms with Gasteiger partial charge in [-0.05, 0) is 27.7 Å². The van der Waals surface area contributed by atoms with Crippen LogP contribution in [0, 0.1) is 0 Å². The summed E-state index contributed by atoms with van der Waals surface area (Å²) in [7, 11) is 0. The van der Waals surface area contributed by atoms with Gasteiger partial charge in [0.15, 0.2) is 0 Å². The summed E-state index contributed by atoms with van der Waals surface area (Å²) in [5, 5.41) is -4.92. The zero-order chi connectivity index (χ0) is 21.6. The fourth-order valence-electron chi connectivity index (χ4n) is 1.17. The van der Waals surface area contributed by atoms with E-state index in [0.717, 1.165) is 0 Å². The lowest BCUT2D eigenvalue weighted by atomic mass is 9.89. The fraction of sp³-hybridized carbons (Fsp3) is 1.00. The molecule has 0 heterocycles. The van der Waals surface area contributed by atoms with Gasteiger partial charge in [0.2, 0.25) is 0 Å². The van der Waals surface area contributed by atoms with Crippen molar-refractivity contribution < 1.29 is 62.4 Å². The highest BCUT2D eigenvalue weighted by molar-refractivity contribution is 4.89. The highest BCUT2D eigenvalue weighted by Crippen LogP contribution is 2.43. The standard InChI is InChI=1S/C10H12F12N2O2/c1-5(2,25-23(7(11,12)13)8(14,15)16)6(3,4)26-24(9(17,18)19)10(20,21)22/h1-4H3. The molecule has 0 bridgehead atoms. The predicted octanol–water partition coefficient (Wildman–Crippen LogP) is 5.09. The molecule has 0 unspecified atom stereocenters. The molecule has 0 atom stereocenters.